The first-order valence-electron chi connectivity index (χ1n) is 8.64. The lowest BCUT2D eigenvalue weighted by molar-refractivity contribution is -0.123. The highest BCUT2D eigenvalue weighted by atomic mass is 79.9. The molecule has 7 heteroatoms. The zero-order chi connectivity index (χ0) is 19.8. The van der Waals surface area contributed by atoms with Gasteiger partial charge in [0.05, 0.1) is 6.10 Å². The highest BCUT2D eigenvalue weighted by Gasteiger charge is 2.10. The van der Waals surface area contributed by atoms with Crippen molar-refractivity contribution in [2.45, 2.75) is 33.3 Å². The third kappa shape index (κ3) is 6.60. The number of hydrazine groups is 1. The van der Waals surface area contributed by atoms with Gasteiger partial charge in [-0.25, -0.2) is 0 Å². The second-order valence-electron chi connectivity index (χ2n) is 6.07. The lowest BCUT2D eigenvalue weighted by Gasteiger charge is -2.13. The highest BCUT2D eigenvalue weighted by molar-refractivity contribution is 9.10. The van der Waals surface area contributed by atoms with Crippen LogP contribution < -0.4 is 20.3 Å². The Kier molecular flexibility index (Phi) is 7.67. The van der Waals surface area contributed by atoms with E-state index < -0.39 is 11.8 Å². The minimum absolute atomic E-state index is 0.0578. The molecule has 0 aliphatic rings. The monoisotopic (exact) mass is 434 g/mol. The van der Waals surface area contributed by atoms with Crippen LogP contribution in [0.3, 0.4) is 0 Å². The minimum Gasteiger partial charge on any atom is -0.491 e. The molecule has 0 aliphatic carbocycles. The Morgan fingerprint density at radius 2 is 1.89 bits per heavy atom. The molecular formula is C20H23BrN2O4. The van der Waals surface area contributed by atoms with Crippen molar-refractivity contribution in [1.29, 1.82) is 0 Å². The zero-order valence-corrected chi connectivity index (χ0v) is 17.1. The standard InChI is InChI=1S/C20H23BrN2O4/c1-4-14(3)27-17-7-5-6-15(11-17)20(25)23-22-19(24)12-26-16-8-9-18(21)13(2)10-16/h5-11,14H,4,12H2,1-3H3,(H,22,24)(H,23,25). The van der Waals surface area contributed by atoms with Crippen LogP contribution >= 0.6 is 15.9 Å². The van der Waals surface area contributed by atoms with E-state index in [-0.39, 0.29) is 12.7 Å². The smallest absolute Gasteiger partial charge is 0.276 e. The first-order valence-corrected chi connectivity index (χ1v) is 9.43. The molecule has 0 fully saturated rings. The normalized spacial score (nSPS) is 11.4. The molecule has 2 amide bonds. The van der Waals surface area contributed by atoms with Crippen molar-refractivity contribution in [3.63, 3.8) is 0 Å². The molecule has 0 heterocycles. The zero-order valence-electron chi connectivity index (χ0n) is 15.5. The summed E-state index contributed by atoms with van der Waals surface area (Å²) in [6.07, 6.45) is 0.923. The van der Waals surface area contributed by atoms with Crippen LogP contribution in [0.15, 0.2) is 46.9 Å². The summed E-state index contributed by atoms with van der Waals surface area (Å²) in [5.74, 6) is 0.290. The van der Waals surface area contributed by atoms with E-state index in [2.05, 4.69) is 26.8 Å². The number of carbonyl (C=O) groups excluding carboxylic acids is 2. The minimum atomic E-state index is -0.462. The maximum absolute atomic E-state index is 12.2. The predicted octanol–water partition coefficient (Wildman–Crippen LogP) is 3.77. The topological polar surface area (TPSA) is 76.7 Å². The van der Waals surface area contributed by atoms with Crippen LogP contribution in [0.1, 0.15) is 36.2 Å². The average Bonchev–Trinajstić information content (AvgIpc) is 2.67. The summed E-state index contributed by atoms with van der Waals surface area (Å²) in [7, 11) is 0. The SMILES string of the molecule is CCC(C)Oc1cccc(C(=O)NNC(=O)COc2ccc(Br)c(C)c2)c1. The Labute approximate surface area is 167 Å². The van der Waals surface area contributed by atoms with Gasteiger partial charge in [-0.05, 0) is 62.2 Å². The molecule has 0 aliphatic heterocycles. The number of amides is 2. The second-order valence-corrected chi connectivity index (χ2v) is 6.92. The summed E-state index contributed by atoms with van der Waals surface area (Å²) in [5.41, 5.74) is 6.09. The Morgan fingerprint density at radius 3 is 2.59 bits per heavy atom. The van der Waals surface area contributed by atoms with Gasteiger partial charge in [-0.15, -0.1) is 0 Å². The fourth-order valence-corrected chi connectivity index (χ4v) is 2.36. The molecule has 27 heavy (non-hydrogen) atoms. The van der Waals surface area contributed by atoms with E-state index in [0.717, 1.165) is 16.5 Å². The van der Waals surface area contributed by atoms with Gasteiger partial charge >= 0.3 is 0 Å². The first kappa shape index (κ1) is 20.8. The van der Waals surface area contributed by atoms with Crippen LogP contribution in [0.2, 0.25) is 0 Å². The van der Waals surface area contributed by atoms with Crippen LogP contribution in [0.4, 0.5) is 0 Å². The van der Waals surface area contributed by atoms with E-state index in [1.807, 2.05) is 32.9 Å². The second kappa shape index (κ2) is 9.97. The molecule has 2 rings (SSSR count). The molecular weight excluding hydrogens is 412 g/mol. The Bertz CT molecular complexity index is 810. The van der Waals surface area contributed by atoms with Gasteiger partial charge in [0.2, 0.25) is 0 Å². The van der Waals surface area contributed by atoms with Crippen LogP contribution in [-0.4, -0.2) is 24.5 Å². The molecule has 0 bridgehead atoms. The molecule has 2 aromatic rings. The van der Waals surface area contributed by atoms with Crippen molar-refractivity contribution in [1.82, 2.24) is 10.9 Å². The maximum atomic E-state index is 12.2. The number of nitrogens with one attached hydrogen (secondary N) is 2. The number of hydrogen-bond donors (Lipinski definition) is 2. The van der Waals surface area contributed by atoms with E-state index in [4.69, 9.17) is 9.47 Å². The van der Waals surface area contributed by atoms with Gasteiger partial charge in [0.15, 0.2) is 6.61 Å². The molecule has 144 valence electrons. The quantitative estimate of drug-likeness (QED) is 0.650. The van der Waals surface area contributed by atoms with Gasteiger partial charge in [-0.3, -0.25) is 20.4 Å². The van der Waals surface area contributed by atoms with Gasteiger partial charge in [-0.2, -0.15) is 0 Å². The number of benzene rings is 2. The van der Waals surface area contributed by atoms with Gasteiger partial charge in [0.25, 0.3) is 11.8 Å². The van der Waals surface area contributed by atoms with Gasteiger partial charge in [0.1, 0.15) is 11.5 Å². The molecule has 1 unspecified atom stereocenters. The van der Waals surface area contributed by atoms with Crippen LogP contribution in [0.5, 0.6) is 11.5 Å². The van der Waals surface area contributed by atoms with Crippen molar-refractivity contribution in [3.05, 3.63) is 58.1 Å². The van der Waals surface area contributed by atoms with E-state index in [1.54, 1.807) is 30.3 Å². The Hall–Kier alpha value is -2.54. The molecule has 0 saturated heterocycles. The van der Waals surface area contributed by atoms with Crippen LogP contribution in [-0.2, 0) is 4.79 Å². The van der Waals surface area contributed by atoms with Crippen LogP contribution in [0.25, 0.3) is 0 Å². The van der Waals surface area contributed by atoms with Crippen molar-refractivity contribution < 1.29 is 19.1 Å². The number of carbonyl (C=O) groups is 2. The van der Waals surface area contributed by atoms with Gasteiger partial charge < -0.3 is 9.47 Å². The molecule has 1 atom stereocenters. The largest absolute Gasteiger partial charge is 0.491 e. The van der Waals surface area contributed by atoms with E-state index in [9.17, 15) is 9.59 Å². The number of ether oxygens (including phenoxy) is 2. The van der Waals surface area contributed by atoms with Crippen molar-refractivity contribution in [3.8, 4) is 11.5 Å². The summed E-state index contributed by atoms with van der Waals surface area (Å²) in [5, 5.41) is 0. The van der Waals surface area contributed by atoms with E-state index in [1.165, 1.54) is 0 Å². The summed E-state index contributed by atoms with van der Waals surface area (Å²) in [6, 6.07) is 12.2. The highest BCUT2D eigenvalue weighted by Crippen LogP contribution is 2.21. The summed E-state index contributed by atoms with van der Waals surface area (Å²) >= 11 is 3.40. The molecule has 2 N–H and O–H groups in total. The van der Waals surface area contributed by atoms with Crippen LogP contribution in [0, 0.1) is 6.92 Å². The molecule has 2 aromatic carbocycles. The number of aryl methyl sites for hydroxylation is 1. The molecule has 0 radical (unpaired) electrons. The lowest BCUT2D eigenvalue weighted by Crippen LogP contribution is -2.43. The van der Waals surface area contributed by atoms with E-state index in [0.29, 0.717) is 17.1 Å². The number of halogens is 1. The summed E-state index contributed by atoms with van der Waals surface area (Å²) < 4.78 is 12.1. The lowest BCUT2D eigenvalue weighted by atomic mass is 10.2. The molecule has 0 saturated carbocycles. The van der Waals surface area contributed by atoms with E-state index >= 15 is 0 Å². The average molecular weight is 435 g/mol. The Morgan fingerprint density at radius 1 is 1.11 bits per heavy atom. The van der Waals surface area contributed by atoms with Gasteiger partial charge in [-0.1, -0.05) is 28.9 Å². The van der Waals surface area contributed by atoms with Crippen molar-refractivity contribution in [2.75, 3.05) is 6.61 Å². The number of hydrogen-bond acceptors (Lipinski definition) is 4. The summed E-state index contributed by atoms with van der Waals surface area (Å²) in [4.78, 5) is 24.1. The third-order valence-corrected chi connectivity index (χ3v) is 4.71. The van der Waals surface area contributed by atoms with Gasteiger partial charge in [0, 0.05) is 10.0 Å². The number of rotatable bonds is 7. The first-order chi connectivity index (χ1) is 12.9. The molecule has 0 aromatic heterocycles. The maximum Gasteiger partial charge on any atom is 0.276 e. The van der Waals surface area contributed by atoms with Crippen molar-refractivity contribution in [2.24, 2.45) is 0 Å². The molecule has 0 spiro atoms. The fourth-order valence-electron chi connectivity index (χ4n) is 2.12. The third-order valence-electron chi connectivity index (χ3n) is 3.82. The fraction of sp³-hybridized carbons (Fsp3) is 0.300. The Balaban J connectivity index is 1.83. The van der Waals surface area contributed by atoms with Crippen molar-refractivity contribution >= 4 is 27.7 Å². The summed E-state index contributed by atoms with van der Waals surface area (Å²) in [6.45, 7) is 5.70. The predicted molar refractivity (Wildman–Crippen MR) is 107 cm³/mol. The molecule has 6 nitrogen and oxygen atoms in total.